The summed E-state index contributed by atoms with van der Waals surface area (Å²) in [4.78, 5) is 10.9. The minimum Gasteiger partial charge on any atom is -0.496 e. The highest BCUT2D eigenvalue weighted by Crippen LogP contribution is 2.37. The summed E-state index contributed by atoms with van der Waals surface area (Å²) in [5.74, 6) is 1.90. The second-order valence-corrected chi connectivity index (χ2v) is 8.77. The van der Waals surface area contributed by atoms with Crippen molar-refractivity contribution in [2.24, 2.45) is 11.1 Å². The molecule has 0 saturated carbocycles. The van der Waals surface area contributed by atoms with Crippen LogP contribution in [0.15, 0.2) is 53.7 Å². The van der Waals surface area contributed by atoms with E-state index in [2.05, 4.69) is 57.4 Å². The van der Waals surface area contributed by atoms with Gasteiger partial charge in [0, 0.05) is 44.8 Å². The lowest BCUT2D eigenvalue weighted by molar-refractivity contribution is 0.0103. The minimum atomic E-state index is 0.0370. The number of aryl methyl sites for hydroxylation is 1. The molecule has 0 bridgehead atoms. The molecule has 0 N–H and O–H groups in total. The molecule has 0 radical (unpaired) electrons. The molecular formula is C28H37N3O3. The third kappa shape index (κ3) is 5.45. The molecule has 6 nitrogen and oxygen atoms in total. The van der Waals surface area contributed by atoms with Gasteiger partial charge in [0.2, 0.25) is 0 Å². The van der Waals surface area contributed by atoms with Crippen LogP contribution in [0.1, 0.15) is 30.5 Å². The highest BCUT2D eigenvalue weighted by atomic mass is 16.6. The maximum atomic E-state index is 6.08. The van der Waals surface area contributed by atoms with Gasteiger partial charge in [-0.05, 0) is 30.2 Å². The van der Waals surface area contributed by atoms with Gasteiger partial charge < -0.3 is 14.3 Å². The second-order valence-electron chi connectivity index (χ2n) is 8.77. The first-order chi connectivity index (χ1) is 16.7. The largest absolute Gasteiger partial charge is 0.496 e. The van der Waals surface area contributed by atoms with E-state index in [0.29, 0.717) is 6.61 Å². The number of hydrogen-bond acceptors (Lipinski definition) is 6. The summed E-state index contributed by atoms with van der Waals surface area (Å²) in [7, 11) is 1.70. The lowest BCUT2D eigenvalue weighted by Crippen LogP contribution is -2.50. The number of oxime groups is 1. The molecule has 5 rings (SSSR count). The van der Waals surface area contributed by atoms with Crippen LogP contribution in [0.2, 0.25) is 0 Å². The van der Waals surface area contributed by atoms with E-state index in [1.54, 1.807) is 7.11 Å². The van der Waals surface area contributed by atoms with Crippen molar-refractivity contribution in [3.8, 4) is 11.5 Å². The van der Waals surface area contributed by atoms with Crippen LogP contribution in [0.5, 0.6) is 11.5 Å². The van der Waals surface area contributed by atoms with Gasteiger partial charge in [0.1, 0.15) is 23.8 Å². The Kier molecular flexibility index (Phi) is 8.25. The standard InChI is InChI=1S/C26H31N3O3.C2H6/c1-19-15-24-21(16-23(19)30-2)26-22(18-31-24)25(32-27-26)17-29-13-11-28(12-14-29)10-6-9-20-7-4-3-5-8-20;1-2/h3-9,15-16,22,25H,10-14,17-18H2,1-2H3;1-2H3/b9-6+;. The maximum Gasteiger partial charge on any atom is 0.151 e. The summed E-state index contributed by atoms with van der Waals surface area (Å²) >= 11 is 0. The minimum absolute atomic E-state index is 0.0370. The van der Waals surface area contributed by atoms with Gasteiger partial charge in [0.15, 0.2) is 6.10 Å². The molecule has 3 aliphatic heterocycles. The van der Waals surface area contributed by atoms with Crippen molar-refractivity contribution < 1.29 is 14.3 Å². The average molecular weight is 464 g/mol. The van der Waals surface area contributed by atoms with Crippen LogP contribution >= 0.6 is 0 Å². The number of benzene rings is 2. The quantitative estimate of drug-likeness (QED) is 0.633. The van der Waals surface area contributed by atoms with E-state index in [9.17, 15) is 0 Å². The average Bonchev–Trinajstić information content (AvgIpc) is 3.29. The molecule has 182 valence electrons. The van der Waals surface area contributed by atoms with Crippen LogP contribution in [0.4, 0.5) is 0 Å². The molecule has 1 fully saturated rings. The smallest absolute Gasteiger partial charge is 0.151 e. The van der Waals surface area contributed by atoms with E-state index in [1.165, 1.54) is 5.56 Å². The Hall–Kier alpha value is -2.83. The number of nitrogens with zero attached hydrogens (tertiary/aromatic N) is 3. The molecule has 2 aromatic carbocycles. The Morgan fingerprint density at radius 3 is 2.53 bits per heavy atom. The fraction of sp³-hybridized carbons (Fsp3) is 0.464. The molecule has 1 saturated heterocycles. The predicted octanol–water partition coefficient (Wildman–Crippen LogP) is 4.47. The van der Waals surface area contributed by atoms with Gasteiger partial charge in [-0.15, -0.1) is 0 Å². The van der Waals surface area contributed by atoms with Gasteiger partial charge in [0.05, 0.1) is 13.0 Å². The Bertz CT molecular complexity index is 997. The summed E-state index contributed by atoms with van der Waals surface area (Å²) < 4.78 is 11.6. The SMILES string of the molecule is CC.COc1cc2c(cc1C)OCC1C2=NOC1CN1CCN(C/C=C/c2ccccc2)CC1. The van der Waals surface area contributed by atoms with Gasteiger partial charge in [-0.2, -0.15) is 0 Å². The van der Waals surface area contributed by atoms with E-state index in [4.69, 9.17) is 14.3 Å². The topological polar surface area (TPSA) is 46.5 Å². The van der Waals surface area contributed by atoms with Crippen LogP contribution in [0.3, 0.4) is 0 Å². The molecule has 3 aliphatic rings. The van der Waals surface area contributed by atoms with E-state index in [1.807, 2.05) is 32.9 Å². The van der Waals surface area contributed by atoms with Crippen molar-refractivity contribution in [1.29, 1.82) is 0 Å². The molecule has 2 unspecified atom stereocenters. The van der Waals surface area contributed by atoms with E-state index in [-0.39, 0.29) is 12.0 Å². The summed E-state index contributed by atoms with van der Waals surface area (Å²) in [6.45, 7) is 12.8. The third-order valence-electron chi connectivity index (χ3n) is 6.65. The van der Waals surface area contributed by atoms with Gasteiger partial charge in [-0.3, -0.25) is 9.80 Å². The van der Waals surface area contributed by atoms with E-state index >= 15 is 0 Å². The fourth-order valence-electron chi connectivity index (χ4n) is 4.73. The Morgan fingerprint density at radius 2 is 1.79 bits per heavy atom. The Balaban J connectivity index is 0.00000133. The monoisotopic (exact) mass is 463 g/mol. The first-order valence-corrected chi connectivity index (χ1v) is 12.4. The fourth-order valence-corrected chi connectivity index (χ4v) is 4.73. The van der Waals surface area contributed by atoms with Crippen LogP contribution in [-0.4, -0.2) is 74.6 Å². The van der Waals surface area contributed by atoms with Crippen molar-refractivity contribution in [3.05, 3.63) is 65.2 Å². The summed E-state index contributed by atoms with van der Waals surface area (Å²) in [6.07, 6.45) is 4.50. The summed E-state index contributed by atoms with van der Waals surface area (Å²) in [6, 6.07) is 14.5. The Labute approximate surface area is 203 Å². The highest BCUT2D eigenvalue weighted by Gasteiger charge is 2.41. The first-order valence-electron chi connectivity index (χ1n) is 12.4. The van der Waals surface area contributed by atoms with Gasteiger partial charge >= 0.3 is 0 Å². The normalized spacial score (nSPS) is 22.1. The first kappa shape index (κ1) is 24.3. The zero-order chi connectivity index (χ0) is 23.9. The second kappa shape index (κ2) is 11.5. The number of methoxy groups -OCH3 is 1. The van der Waals surface area contributed by atoms with Crippen molar-refractivity contribution in [1.82, 2.24) is 9.80 Å². The number of rotatable bonds is 6. The predicted molar refractivity (Wildman–Crippen MR) is 138 cm³/mol. The molecule has 0 amide bonds. The highest BCUT2D eigenvalue weighted by molar-refractivity contribution is 6.06. The molecule has 3 heterocycles. The molecule has 0 spiro atoms. The maximum absolute atomic E-state index is 6.08. The molecule has 0 aromatic heterocycles. The molecule has 34 heavy (non-hydrogen) atoms. The molecule has 2 aromatic rings. The van der Waals surface area contributed by atoms with Crippen molar-refractivity contribution in [2.75, 3.05) is 53.0 Å². The molecule has 6 heteroatoms. The lowest BCUT2D eigenvalue weighted by atomic mass is 9.89. The molecular weight excluding hydrogens is 426 g/mol. The number of fused-ring (bicyclic) bond motifs is 3. The van der Waals surface area contributed by atoms with Crippen molar-refractivity contribution >= 4 is 11.8 Å². The third-order valence-corrected chi connectivity index (χ3v) is 6.65. The van der Waals surface area contributed by atoms with Crippen molar-refractivity contribution in [3.63, 3.8) is 0 Å². The van der Waals surface area contributed by atoms with E-state index in [0.717, 1.165) is 67.6 Å². The number of hydrogen-bond donors (Lipinski definition) is 0. The van der Waals surface area contributed by atoms with Crippen LogP contribution in [0, 0.1) is 12.8 Å². The summed E-state index contributed by atoms with van der Waals surface area (Å²) in [5, 5.41) is 4.47. The summed E-state index contributed by atoms with van der Waals surface area (Å²) in [5.41, 5.74) is 4.32. The number of piperazine rings is 1. The van der Waals surface area contributed by atoms with Crippen molar-refractivity contribution in [2.45, 2.75) is 26.9 Å². The van der Waals surface area contributed by atoms with Crippen LogP contribution in [-0.2, 0) is 4.84 Å². The van der Waals surface area contributed by atoms with Gasteiger partial charge in [0.25, 0.3) is 0 Å². The zero-order valence-corrected chi connectivity index (χ0v) is 20.9. The van der Waals surface area contributed by atoms with Crippen LogP contribution in [0.25, 0.3) is 6.08 Å². The van der Waals surface area contributed by atoms with Crippen LogP contribution < -0.4 is 9.47 Å². The molecule has 2 atom stereocenters. The van der Waals surface area contributed by atoms with Gasteiger partial charge in [-0.1, -0.05) is 61.5 Å². The Morgan fingerprint density at radius 1 is 1.06 bits per heavy atom. The van der Waals surface area contributed by atoms with Gasteiger partial charge in [-0.25, -0.2) is 0 Å². The lowest BCUT2D eigenvalue weighted by Gasteiger charge is -2.36. The molecule has 0 aliphatic carbocycles. The zero-order valence-electron chi connectivity index (χ0n) is 20.9. The number of ether oxygens (including phenoxy) is 2. The van der Waals surface area contributed by atoms with E-state index < -0.39 is 0 Å².